The number of carbonyl (C=O) groups excluding carboxylic acids is 2. The van der Waals surface area contributed by atoms with Crippen LogP contribution in [-0.4, -0.2) is 17.9 Å². The van der Waals surface area contributed by atoms with E-state index in [2.05, 4.69) is 5.32 Å². The fraction of sp³-hybridized carbons (Fsp3) is 0.125. The molecule has 0 aliphatic heterocycles. The van der Waals surface area contributed by atoms with E-state index in [0.29, 0.717) is 15.6 Å². The Bertz CT molecular complexity index is 779. The summed E-state index contributed by atoms with van der Waals surface area (Å²) in [7, 11) is 0. The second kappa shape index (κ2) is 7.59. The molecule has 1 atom stereocenters. The summed E-state index contributed by atoms with van der Waals surface area (Å²) in [5.41, 5.74) is 5.58. The van der Waals surface area contributed by atoms with Crippen molar-refractivity contribution in [3.8, 4) is 0 Å². The van der Waals surface area contributed by atoms with Gasteiger partial charge in [-0.15, -0.1) is 0 Å². The molecule has 0 fully saturated rings. The summed E-state index contributed by atoms with van der Waals surface area (Å²) in [5, 5.41) is 2.99. The van der Waals surface area contributed by atoms with Gasteiger partial charge in [-0.3, -0.25) is 9.59 Å². The van der Waals surface area contributed by atoms with Gasteiger partial charge in [0.05, 0.1) is 0 Å². The van der Waals surface area contributed by atoms with Gasteiger partial charge in [0.2, 0.25) is 5.91 Å². The van der Waals surface area contributed by atoms with Gasteiger partial charge in [0, 0.05) is 22.0 Å². The highest BCUT2D eigenvalue weighted by atomic mass is 35.5. The molecule has 2 aromatic carbocycles. The SMILES string of the molecule is NC(=O)[C@H](Cc1c(Cl)cccc1Cl)NC(=O)c1ccc(F)c(F)c1. The molecular formula is C16H12Cl2F2N2O2. The fourth-order valence-corrected chi connectivity index (χ4v) is 2.58. The molecule has 8 heteroatoms. The molecule has 24 heavy (non-hydrogen) atoms. The van der Waals surface area contributed by atoms with Crippen LogP contribution in [0.5, 0.6) is 0 Å². The van der Waals surface area contributed by atoms with Gasteiger partial charge in [-0.25, -0.2) is 8.78 Å². The van der Waals surface area contributed by atoms with Crippen LogP contribution in [0.2, 0.25) is 10.0 Å². The molecule has 0 aliphatic rings. The number of halogens is 4. The van der Waals surface area contributed by atoms with Crippen molar-refractivity contribution in [2.75, 3.05) is 0 Å². The first-order chi connectivity index (χ1) is 11.3. The molecule has 126 valence electrons. The zero-order valence-electron chi connectivity index (χ0n) is 12.2. The lowest BCUT2D eigenvalue weighted by atomic mass is 10.0. The Morgan fingerprint density at radius 3 is 2.25 bits per heavy atom. The number of hydrogen-bond donors (Lipinski definition) is 2. The summed E-state index contributed by atoms with van der Waals surface area (Å²) in [6, 6.07) is 6.31. The van der Waals surface area contributed by atoms with Crippen LogP contribution in [0.3, 0.4) is 0 Å². The van der Waals surface area contributed by atoms with Gasteiger partial charge >= 0.3 is 0 Å². The van der Waals surface area contributed by atoms with Crippen molar-refractivity contribution in [3.63, 3.8) is 0 Å². The Labute approximate surface area is 146 Å². The predicted octanol–water partition coefficient (Wildman–Crippen LogP) is 3.10. The molecule has 0 bridgehead atoms. The first-order valence-corrected chi connectivity index (χ1v) is 7.53. The quantitative estimate of drug-likeness (QED) is 0.846. The maximum atomic E-state index is 13.2. The first-order valence-electron chi connectivity index (χ1n) is 6.77. The molecule has 0 spiro atoms. The Balaban J connectivity index is 2.21. The van der Waals surface area contributed by atoms with E-state index in [4.69, 9.17) is 28.9 Å². The van der Waals surface area contributed by atoms with Crippen LogP contribution in [-0.2, 0) is 11.2 Å². The third-order valence-electron chi connectivity index (χ3n) is 3.30. The number of hydrogen-bond acceptors (Lipinski definition) is 2. The number of nitrogens with two attached hydrogens (primary N) is 1. The minimum absolute atomic E-state index is 0.0384. The molecule has 0 radical (unpaired) electrons. The smallest absolute Gasteiger partial charge is 0.252 e. The van der Waals surface area contributed by atoms with Crippen molar-refractivity contribution < 1.29 is 18.4 Å². The first kappa shape index (κ1) is 18.2. The number of primary amides is 1. The maximum absolute atomic E-state index is 13.2. The number of carbonyl (C=O) groups is 2. The standard InChI is InChI=1S/C16H12Cl2F2N2O2/c17-10-2-1-3-11(18)9(10)7-14(15(21)23)22-16(24)8-4-5-12(19)13(20)6-8/h1-6,14H,7H2,(H2,21,23)(H,22,24)/t14-/m0/s1. The normalized spacial score (nSPS) is 11.8. The Hall–Kier alpha value is -2.18. The second-order valence-electron chi connectivity index (χ2n) is 4.96. The van der Waals surface area contributed by atoms with E-state index in [0.717, 1.165) is 18.2 Å². The number of rotatable bonds is 5. The lowest BCUT2D eigenvalue weighted by molar-refractivity contribution is -0.119. The van der Waals surface area contributed by atoms with Crippen molar-refractivity contribution in [3.05, 3.63) is 69.2 Å². The van der Waals surface area contributed by atoms with E-state index in [-0.39, 0.29) is 12.0 Å². The van der Waals surface area contributed by atoms with Gasteiger partial charge in [-0.05, 0) is 35.9 Å². The van der Waals surface area contributed by atoms with Crippen molar-refractivity contribution in [1.82, 2.24) is 5.32 Å². The fourth-order valence-electron chi connectivity index (χ4n) is 2.03. The molecule has 0 saturated heterocycles. The third-order valence-corrected chi connectivity index (χ3v) is 4.01. The van der Waals surface area contributed by atoms with Crippen molar-refractivity contribution in [1.29, 1.82) is 0 Å². The summed E-state index contributed by atoms with van der Waals surface area (Å²) < 4.78 is 26.1. The van der Waals surface area contributed by atoms with Crippen molar-refractivity contribution in [2.24, 2.45) is 5.73 Å². The molecule has 2 rings (SSSR count). The van der Waals surface area contributed by atoms with Gasteiger partial charge in [-0.2, -0.15) is 0 Å². The van der Waals surface area contributed by atoms with E-state index in [1.807, 2.05) is 0 Å². The molecule has 0 aromatic heterocycles. The van der Waals surface area contributed by atoms with Crippen molar-refractivity contribution in [2.45, 2.75) is 12.5 Å². The van der Waals surface area contributed by atoms with Gasteiger partial charge in [0.1, 0.15) is 6.04 Å². The van der Waals surface area contributed by atoms with E-state index in [1.165, 1.54) is 0 Å². The summed E-state index contributed by atoms with van der Waals surface area (Å²) >= 11 is 12.1. The van der Waals surface area contributed by atoms with Crippen LogP contribution >= 0.6 is 23.2 Å². The van der Waals surface area contributed by atoms with E-state index >= 15 is 0 Å². The van der Waals surface area contributed by atoms with Crippen LogP contribution in [0.25, 0.3) is 0 Å². The molecule has 2 amide bonds. The van der Waals surface area contributed by atoms with Crippen LogP contribution in [0.15, 0.2) is 36.4 Å². The van der Waals surface area contributed by atoms with E-state index in [1.54, 1.807) is 18.2 Å². The summed E-state index contributed by atoms with van der Waals surface area (Å²) in [5.74, 6) is -3.85. The van der Waals surface area contributed by atoms with Crippen LogP contribution < -0.4 is 11.1 Å². The average molecular weight is 373 g/mol. The highest BCUT2D eigenvalue weighted by Gasteiger charge is 2.22. The van der Waals surface area contributed by atoms with Gasteiger partial charge in [-0.1, -0.05) is 29.3 Å². The van der Waals surface area contributed by atoms with Gasteiger partial charge in [0.25, 0.3) is 5.91 Å². The topological polar surface area (TPSA) is 72.2 Å². The Morgan fingerprint density at radius 1 is 1.08 bits per heavy atom. The molecule has 0 saturated carbocycles. The summed E-state index contributed by atoms with van der Waals surface area (Å²) in [6.07, 6.45) is -0.0384. The average Bonchev–Trinajstić information content (AvgIpc) is 2.52. The summed E-state index contributed by atoms with van der Waals surface area (Å²) in [6.45, 7) is 0. The highest BCUT2D eigenvalue weighted by Crippen LogP contribution is 2.25. The van der Waals surface area contributed by atoms with Crippen molar-refractivity contribution >= 4 is 35.0 Å². The van der Waals surface area contributed by atoms with Crippen LogP contribution in [0, 0.1) is 11.6 Å². The van der Waals surface area contributed by atoms with Crippen LogP contribution in [0.1, 0.15) is 15.9 Å². The molecule has 3 N–H and O–H groups in total. The third kappa shape index (κ3) is 4.21. The number of amides is 2. The zero-order valence-corrected chi connectivity index (χ0v) is 13.7. The van der Waals surface area contributed by atoms with E-state index < -0.39 is 29.5 Å². The minimum atomic E-state index is -1.17. The number of nitrogens with one attached hydrogen (secondary N) is 1. The predicted molar refractivity (Wildman–Crippen MR) is 87.0 cm³/mol. The lowest BCUT2D eigenvalue weighted by Gasteiger charge is -2.17. The summed E-state index contributed by atoms with van der Waals surface area (Å²) in [4.78, 5) is 23.7. The molecule has 2 aromatic rings. The minimum Gasteiger partial charge on any atom is -0.368 e. The molecule has 0 heterocycles. The molecular weight excluding hydrogens is 361 g/mol. The van der Waals surface area contributed by atoms with E-state index in [9.17, 15) is 18.4 Å². The van der Waals surface area contributed by atoms with Gasteiger partial charge in [0.15, 0.2) is 11.6 Å². The number of benzene rings is 2. The van der Waals surface area contributed by atoms with Gasteiger partial charge < -0.3 is 11.1 Å². The molecule has 0 aliphatic carbocycles. The Morgan fingerprint density at radius 2 is 1.71 bits per heavy atom. The Kier molecular flexibility index (Phi) is 5.75. The largest absolute Gasteiger partial charge is 0.368 e. The molecule has 0 unspecified atom stereocenters. The highest BCUT2D eigenvalue weighted by molar-refractivity contribution is 6.36. The zero-order chi connectivity index (χ0) is 17.9. The second-order valence-corrected chi connectivity index (χ2v) is 5.78. The lowest BCUT2D eigenvalue weighted by Crippen LogP contribution is -2.46. The van der Waals surface area contributed by atoms with Crippen LogP contribution in [0.4, 0.5) is 8.78 Å². The monoisotopic (exact) mass is 372 g/mol. The molecule has 4 nitrogen and oxygen atoms in total. The maximum Gasteiger partial charge on any atom is 0.252 e.